The number of fused-ring (bicyclic) bond motifs is 1. The third-order valence-corrected chi connectivity index (χ3v) is 6.75. The maximum absolute atomic E-state index is 12.8. The van der Waals surface area contributed by atoms with Crippen LogP contribution in [0.1, 0.15) is 22.9 Å². The average molecular weight is 383 g/mol. The first-order valence-corrected chi connectivity index (χ1v) is 10.4. The molecule has 0 saturated carbocycles. The highest BCUT2D eigenvalue weighted by atomic mass is 32.1. The summed E-state index contributed by atoms with van der Waals surface area (Å²) in [5.74, 6) is 0. The van der Waals surface area contributed by atoms with Gasteiger partial charge in [-0.1, -0.05) is 19.1 Å². The number of aryl methyl sites for hydroxylation is 2. The lowest BCUT2D eigenvalue weighted by Crippen LogP contribution is -2.48. The van der Waals surface area contributed by atoms with Gasteiger partial charge in [-0.05, 0) is 43.5 Å². The van der Waals surface area contributed by atoms with Crippen LogP contribution in [0.2, 0.25) is 0 Å². The summed E-state index contributed by atoms with van der Waals surface area (Å²) in [4.78, 5) is 24.2. The van der Waals surface area contributed by atoms with E-state index in [0.29, 0.717) is 6.67 Å². The predicted octanol–water partition coefficient (Wildman–Crippen LogP) is 3.42. The number of thiophene rings is 1. The van der Waals surface area contributed by atoms with Crippen molar-refractivity contribution in [1.82, 2.24) is 14.5 Å². The molecule has 4 rings (SSSR count). The lowest BCUT2D eigenvalue weighted by Gasteiger charge is -2.37. The standard InChI is InChI=1S/C21H26N4OS/c1-4-17-12-18-20(27-17)22-13-25(21(18)26)14-23-8-10-24(11-9-23)19-7-5-6-15(2)16(19)3/h5-7,12-13H,4,8-11,14H2,1-3H3. The van der Waals surface area contributed by atoms with E-state index in [-0.39, 0.29) is 5.56 Å². The summed E-state index contributed by atoms with van der Waals surface area (Å²) >= 11 is 1.62. The summed E-state index contributed by atoms with van der Waals surface area (Å²) < 4.78 is 1.75. The van der Waals surface area contributed by atoms with E-state index in [1.807, 2.05) is 6.07 Å². The number of rotatable bonds is 4. The summed E-state index contributed by atoms with van der Waals surface area (Å²) in [7, 11) is 0. The van der Waals surface area contributed by atoms with Crippen LogP contribution in [0.5, 0.6) is 0 Å². The van der Waals surface area contributed by atoms with Crippen molar-refractivity contribution in [3.05, 3.63) is 57.0 Å². The van der Waals surface area contributed by atoms with E-state index >= 15 is 0 Å². The van der Waals surface area contributed by atoms with Crippen LogP contribution in [0.4, 0.5) is 5.69 Å². The monoisotopic (exact) mass is 382 g/mol. The molecule has 2 aromatic heterocycles. The zero-order chi connectivity index (χ0) is 19.0. The molecule has 0 radical (unpaired) electrons. The van der Waals surface area contributed by atoms with Crippen LogP contribution < -0.4 is 10.5 Å². The Morgan fingerprint density at radius 3 is 2.67 bits per heavy atom. The Balaban J connectivity index is 1.46. The number of aromatic nitrogens is 2. The van der Waals surface area contributed by atoms with Crippen molar-refractivity contribution in [2.45, 2.75) is 33.9 Å². The molecular formula is C21H26N4OS. The molecule has 6 heteroatoms. The van der Waals surface area contributed by atoms with Crippen molar-refractivity contribution in [2.24, 2.45) is 0 Å². The molecule has 0 aliphatic carbocycles. The Hall–Kier alpha value is -2.18. The van der Waals surface area contributed by atoms with Crippen molar-refractivity contribution >= 4 is 27.2 Å². The second kappa shape index (κ2) is 7.44. The molecule has 0 N–H and O–H groups in total. The molecule has 1 saturated heterocycles. The second-order valence-corrected chi connectivity index (χ2v) is 8.39. The van der Waals surface area contributed by atoms with Gasteiger partial charge in [-0.3, -0.25) is 14.3 Å². The van der Waals surface area contributed by atoms with Gasteiger partial charge in [-0.25, -0.2) is 4.98 Å². The first kappa shape index (κ1) is 18.2. The molecule has 5 nitrogen and oxygen atoms in total. The third kappa shape index (κ3) is 3.51. The predicted molar refractivity (Wildman–Crippen MR) is 113 cm³/mol. The first-order valence-electron chi connectivity index (χ1n) is 9.58. The fourth-order valence-electron chi connectivity index (χ4n) is 3.71. The fraction of sp³-hybridized carbons (Fsp3) is 0.429. The average Bonchev–Trinajstić information content (AvgIpc) is 3.11. The number of benzene rings is 1. The Morgan fingerprint density at radius 2 is 1.93 bits per heavy atom. The van der Waals surface area contributed by atoms with Crippen LogP contribution in [-0.4, -0.2) is 40.6 Å². The minimum Gasteiger partial charge on any atom is -0.369 e. The van der Waals surface area contributed by atoms with Gasteiger partial charge in [0.15, 0.2) is 0 Å². The highest BCUT2D eigenvalue weighted by molar-refractivity contribution is 7.18. The van der Waals surface area contributed by atoms with Crippen molar-refractivity contribution in [2.75, 3.05) is 31.1 Å². The van der Waals surface area contributed by atoms with Gasteiger partial charge in [0.25, 0.3) is 5.56 Å². The minimum absolute atomic E-state index is 0.0768. The summed E-state index contributed by atoms with van der Waals surface area (Å²) in [6.07, 6.45) is 2.65. The number of hydrogen-bond donors (Lipinski definition) is 0. The molecule has 1 fully saturated rings. The van der Waals surface area contributed by atoms with Crippen molar-refractivity contribution in [1.29, 1.82) is 0 Å². The van der Waals surface area contributed by atoms with Crippen LogP contribution in [-0.2, 0) is 13.1 Å². The summed E-state index contributed by atoms with van der Waals surface area (Å²) in [5, 5.41) is 0.758. The quantitative estimate of drug-likeness (QED) is 0.693. The molecule has 3 aromatic rings. The van der Waals surface area contributed by atoms with Gasteiger partial charge < -0.3 is 4.90 Å². The molecule has 1 aromatic carbocycles. The van der Waals surface area contributed by atoms with Gasteiger partial charge in [-0.2, -0.15) is 0 Å². The normalized spacial score (nSPS) is 15.6. The van der Waals surface area contributed by atoms with Gasteiger partial charge in [0, 0.05) is 36.7 Å². The number of piperazine rings is 1. The zero-order valence-electron chi connectivity index (χ0n) is 16.2. The molecular weight excluding hydrogens is 356 g/mol. The summed E-state index contributed by atoms with van der Waals surface area (Å²) in [6, 6.07) is 8.52. The lowest BCUT2D eigenvalue weighted by molar-refractivity contribution is 0.202. The van der Waals surface area contributed by atoms with Crippen LogP contribution in [0.15, 0.2) is 35.4 Å². The molecule has 0 bridgehead atoms. The molecule has 0 unspecified atom stereocenters. The molecule has 0 spiro atoms. The largest absolute Gasteiger partial charge is 0.369 e. The maximum atomic E-state index is 12.8. The van der Waals surface area contributed by atoms with Crippen LogP contribution >= 0.6 is 11.3 Å². The third-order valence-electron chi connectivity index (χ3n) is 5.56. The molecule has 3 heterocycles. The van der Waals surface area contributed by atoms with Crippen molar-refractivity contribution < 1.29 is 0 Å². The molecule has 27 heavy (non-hydrogen) atoms. The Labute approximate surface area is 163 Å². The molecule has 1 aliphatic rings. The molecule has 142 valence electrons. The van der Waals surface area contributed by atoms with E-state index in [1.165, 1.54) is 21.7 Å². The van der Waals surface area contributed by atoms with Crippen molar-refractivity contribution in [3.8, 4) is 0 Å². The van der Waals surface area contributed by atoms with Crippen LogP contribution in [0.25, 0.3) is 10.2 Å². The zero-order valence-corrected chi connectivity index (χ0v) is 17.1. The van der Waals surface area contributed by atoms with E-state index < -0.39 is 0 Å². The topological polar surface area (TPSA) is 41.4 Å². The van der Waals surface area contributed by atoms with E-state index in [1.54, 1.807) is 22.2 Å². The van der Waals surface area contributed by atoms with Crippen molar-refractivity contribution in [3.63, 3.8) is 0 Å². The number of hydrogen-bond acceptors (Lipinski definition) is 5. The molecule has 0 amide bonds. The van der Waals surface area contributed by atoms with Gasteiger partial charge in [0.1, 0.15) is 11.2 Å². The highest BCUT2D eigenvalue weighted by Crippen LogP contribution is 2.24. The lowest BCUT2D eigenvalue weighted by atomic mass is 10.1. The van der Waals surface area contributed by atoms with Gasteiger partial charge in [-0.15, -0.1) is 11.3 Å². The maximum Gasteiger partial charge on any atom is 0.263 e. The number of nitrogens with zero attached hydrogens (tertiary/aromatic N) is 4. The smallest absolute Gasteiger partial charge is 0.263 e. The SMILES string of the molecule is CCc1cc2c(=O)n(CN3CCN(c4cccc(C)c4C)CC3)cnc2s1. The van der Waals surface area contributed by atoms with E-state index in [9.17, 15) is 4.79 Å². The minimum atomic E-state index is 0.0768. The van der Waals surface area contributed by atoms with Gasteiger partial charge in [0.05, 0.1) is 12.1 Å². The van der Waals surface area contributed by atoms with Gasteiger partial charge in [0.2, 0.25) is 0 Å². The fourth-order valence-corrected chi connectivity index (χ4v) is 4.63. The van der Waals surface area contributed by atoms with Crippen LogP contribution in [0, 0.1) is 13.8 Å². The molecule has 0 atom stereocenters. The Morgan fingerprint density at radius 1 is 1.15 bits per heavy atom. The van der Waals surface area contributed by atoms with Crippen LogP contribution in [0.3, 0.4) is 0 Å². The first-order chi connectivity index (χ1) is 13.1. The number of anilines is 1. The molecule has 1 aliphatic heterocycles. The Bertz CT molecular complexity index is 1010. The summed E-state index contributed by atoms with van der Waals surface area (Å²) in [6.45, 7) is 10.9. The van der Waals surface area contributed by atoms with E-state index in [0.717, 1.165) is 42.8 Å². The van der Waals surface area contributed by atoms with E-state index in [4.69, 9.17) is 0 Å². The second-order valence-electron chi connectivity index (χ2n) is 7.27. The van der Waals surface area contributed by atoms with E-state index in [2.05, 4.69) is 53.8 Å². The van der Waals surface area contributed by atoms with Gasteiger partial charge >= 0.3 is 0 Å². The Kier molecular flexibility index (Phi) is 5.02. The summed E-state index contributed by atoms with van der Waals surface area (Å²) in [5.41, 5.74) is 4.11. The highest BCUT2D eigenvalue weighted by Gasteiger charge is 2.19.